The van der Waals surface area contributed by atoms with E-state index < -0.39 is 9.84 Å². The van der Waals surface area contributed by atoms with Crippen molar-refractivity contribution in [3.63, 3.8) is 0 Å². The number of fused-ring (bicyclic) bond motifs is 1. The molecule has 1 aliphatic heterocycles. The second-order valence-corrected chi connectivity index (χ2v) is 8.66. The summed E-state index contributed by atoms with van der Waals surface area (Å²) in [5, 5.41) is 1.95. The van der Waals surface area contributed by atoms with Gasteiger partial charge in [0.05, 0.1) is 11.5 Å². The van der Waals surface area contributed by atoms with Crippen molar-refractivity contribution in [2.45, 2.75) is 32.2 Å². The molecule has 24 heavy (non-hydrogen) atoms. The van der Waals surface area contributed by atoms with Crippen LogP contribution >= 0.6 is 0 Å². The van der Waals surface area contributed by atoms with Gasteiger partial charge in [-0.3, -0.25) is 4.79 Å². The summed E-state index contributed by atoms with van der Waals surface area (Å²) >= 11 is 0. The average molecular weight is 345 g/mol. The van der Waals surface area contributed by atoms with Gasteiger partial charge in [0.15, 0.2) is 9.84 Å². The van der Waals surface area contributed by atoms with Gasteiger partial charge < -0.3 is 4.90 Å². The molecule has 128 valence electrons. The van der Waals surface area contributed by atoms with Crippen LogP contribution in [0.3, 0.4) is 0 Å². The molecular formula is C19H23NO3S. The Labute approximate surface area is 143 Å². The SMILES string of the molecule is CCCCN(C(=O)c1cccc2ccccc12)C1CCS(=O)(=O)C1. The molecule has 3 rings (SSSR count). The fraction of sp³-hybridized carbons (Fsp3) is 0.421. The molecule has 0 bridgehead atoms. The number of unbranched alkanes of at least 4 members (excludes halogenated alkanes) is 1. The number of hydrogen-bond donors (Lipinski definition) is 0. The lowest BCUT2D eigenvalue weighted by molar-refractivity contribution is 0.0696. The normalized spacial score (nSPS) is 19.5. The lowest BCUT2D eigenvalue weighted by Crippen LogP contribution is -2.41. The summed E-state index contributed by atoms with van der Waals surface area (Å²) in [6.45, 7) is 2.69. The van der Waals surface area contributed by atoms with Gasteiger partial charge in [0, 0.05) is 18.2 Å². The molecule has 0 aliphatic carbocycles. The fourth-order valence-corrected chi connectivity index (χ4v) is 5.10. The maximum absolute atomic E-state index is 13.2. The zero-order chi connectivity index (χ0) is 17.2. The minimum Gasteiger partial charge on any atom is -0.335 e. The monoisotopic (exact) mass is 345 g/mol. The van der Waals surface area contributed by atoms with Gasteiger partial charge in [-0.2, -0.15) is 0 Å². The second-order valence-electron chi connectivity index (χ2n) is 6.44. The molecule has 1 amide bonds. The number of hydrogen-bond acceptors (Lipinski definition) is 3. The van der Waals surface area contributed by atoms with Gasteiger partial charge in [-0.05, 0) is 29.7 Å². The summed E-state index contributed by atoms with van der Waals surface area (Å²) in [6, 6.07) is 13.3. The summed E-state index contributed by atoms with van der Waals surface area (Å²) in [7, 11) is -3.02. The molecule has 1 aliphatic rings. The third-order valence-corrected chi connectivity index (χ3v) is 6.43. The predicted octanol–water partition coefficient (Wildman–Crippen LogP) is 3.27. The van der Waals surface area contributed by atoms with Crippen LogP contribution in [0.15, 0.2) is 42.5 Å². The number of benzene rings is 2. The van der Waals surface area contributed by atoms with Crippen LogP contribution in [0.1, 0.15) is 36.5 Å². The average Bonchev–Trinajstić information content (AvgIpc) is 2.94. The van der Waals surface area contributed by atoms with E-state index in [0.29, 0.717) is 18.5 Å². The lowest BCUT2D eigenvalue weighted by atomic mass is 10.0. The Balaban J connectivity index is 1.96. The highest BCUT2D eigenvalue weighted by atomic mass is 32.2. The van der Waals surface area contributed by atoms with E-state index in [4.69, 9.17) is 0 Å². The topological polar surface area (TPSA) is 54.5 Å². The van der Waals surface area contributed by atoms with E-state index in [1.165, 1.54) is 0 Å². The molecule has 5 heteroatoms. The van der Waals surface area contributed by atoms with Crippen molar-refractivity contribution in [1.29, 1.82) is 0 Å². The van der Waals surface area contributed by atoms with Crippen molar-refractivity contribution >= 4 is 26.5 Å². The number of amides is 1. The first-order valence-corrected chi connectivity index (χ1v) is 10.3. The van der Waals surface area contributed by atoms with E-state index in [1.807, 2.05) is 42.5 Å². The van der Waals surface area contributed by atoms with E-state index in [-0.39, 0.29) is 23.5 Å². The largest absolute Gasteiger partial charge is 0.335 e. The van der Waals surface area contributed by atoms with Crippen molar-refractivity contribution in [3.8, 4) is 0 Å². The Morgan fingerprint density at radius 3 is 2.62 bits per heavy atom. The van der Waals surface area contributed by atoms with Gasteiger partial charge >= 0.3 is 0 Å². The zero-order valence-electron chi connectivity index (χ0n) is 13.9. The number of carbonyl (C=O) groups is 1. The van der Waals surface area contributed by atoms with Crippen LogP contribution in [0.5, 0.6) is 0 Å². The molecule has 1 heterocycles. The molecule has 1 saturated heterocycles. The first-order chi connectivity index (χ1) is 11.5. The maximum atomic E-state index is 13.2. The predicted molar refractivity (Wildman–Crippen MR) is 97.0 cm³/mol. The molecule has 1 atom stereocenters. The Kier molecular flexibility index (Phi) is 4.90. The Morgan fingerprint density at radius 2 is 1.92 bits per heavy atom. The zero-order valence-corrected chi connectivity index (χ0v) is 14.8. The number of rotatable bonds is 5. The van der Waals surface area contributed by atoms with Crippen LogP contribution in [0.2, 0.25) is 0 Å². The smallest absolute Gasteiger partial charge is 0.254 e. The molecule has 0 spiro atoms. The summed E-state index contributed by atoms with van der Waals surface area (Å²) in [4.78, 5) is 15.0. The second kappa shape index (κ2) is 6.93. The third kappa shape index (κ3) is 3.46. The highest BCUT2D eigenvalue weighted by molar-refractivity contribution is 7.91. The number of carbonyl (C=O) groups excluding carboxylic acids is 1. The van der Waals surface area contributed by atoms with Crippen molar-refractivity contribution in [3.05, 3.63) is 48.0 Å². The molecule has 0 N–H and O–H groups in total. The van der Waals surface area contributed by atoms with Gasteiger partial charge in [-0.15, -0.1) is 0 Å². The number of nitrogens with zero attached hydrogens (tertiary/aromatic N) is 1. The quantitative estimate of drug-likeness (QED) is 0.836. The minimum atomic E-state index is -3.02. The van der Waals surface area contributed by atoms with Crippen molar-refractivity contribution in [1.82, 2.24) is 4.90 Å². The van der Waals surface area contributed by atoms with E-state index in [2.05, 4.69) is 6.92 Å². The molecule has 2 aromatic rings. The Morgan fingerprint density at radius 1 is 1.17 bits per heavy atom. The van der Waals surface area contributed by atoms with E-state index in [9.17, 15) is 13.2 Å². The summed E-state index contributed by atoms with van der Waals surface area (Å²) in [6.07, 6.45) is 2.40. The highest BCUT2D eigenvalue weighted by Crippen LogP contribution is 2.24. The molecule has 4 nitrogen and oxygen atoms in total. The minimum absolute atomic E-state index is 0.0534. The first-order valence-electron chi connectivity index (χ1n) is 8.51. The lowest BCUT2D eigenvalue weighted by Gasteiger charge is -2.28. The summed E-state index contributed by atoms with van der Waals surface area (Å²) in [5.41, 5.74) is 0.661. The fourth-order valence-electron chi connectivity index (χ4n) is 3.37. The molecule has 1 fully saturated rings. The molecule has 0 saturated carbocycles. The molecule has 1 unspecified atom stereocenters. The molecular weight excluding hydrogens is 322 g/mol. The Bertz CT molecular complexity index is 839. The van der Waals surface area contributed by atoms with Gasteiger partial charge in [0.25, 0.3) is 5.91 Å². The third-order valence-electron chi connectivity index (χ3n) is 4.68. The first kappa shape index (κ1) is 17.0. The molecule has 0 aromatic heterocycles. The Hall–Kier alpha value is -1.88. The van der Waals surface area contributed by atoms with Gasteiger partial charge in [-0.1, -0.05) is 49.7 Å². The van der Waals surface area contributed by atoms with Crippen LogP contribution in [0.4, 0.5) is 0 Å². The maximum Gasteiger partial charge on any atom is 0.254 e. The highest BCUT2D eigenvalue weighted by Gasteiger charge is 2.35. The van der Waals surface area contributed by atoms with Crippen molar-refractivity contribution in [2.75, 3.05) is 18.1 Å². The van der Waals surface area contributed by atoms with Crippen LogP contribution in [0, 0.1) is 0 Å². The van der Waals surface area contributed by atoms with E-state index in [1.54, 1.807) is 4.90 Å². The number of sulfone groups is 1. The van der Waals surface area contributed by atoms with Crippen LogP contribution in [-0.4, -0.2) is 43.3 Å². The van der Waals surface area contributed by atoms with Crippen LogP contribution < -0.4 is 0 Å². The van der Waals surface area contributed by atoms with Gasteiger partial charge in [0.2, 0.25) is 0 Å². The van der Waals surface area contributed by atoms with Crippen LogP contribution in [-0.2, 0) is 9.84 Å². The van der Waals surface area contributed by atoms with Crippen molar-refractivity contribution in [2.24, 2.45) is 0 Å². The summed E-state index contributed by atoms with van der Waals surface area (Å²) < 4.78 is 23.7. The summed E-state index contributed by atoms with van der Waals surface area (Å²) in [5.74, 6) is 0.221. The van der Waals surface area contributed by atoms with Crippen LogP contribution in [0.25, 0.3) is 10.8 Å². The van der Waals surface area contributed by atoms with E-state index >= 15 is 0 Å². The standard InChI is InChI=1S/C19H23NO3S/c1-2-3-12-20(16-11-13-24(22,23)14-16)19(21)18-10-6-8-15-7-4-5-9-17(15)18/h4-10,16H,2-3,11-14H2,1H3. The van der Waals surface area contributed by atoms with Crippen molar-refractivity contribution < 1.29 is 13.2 Å². The molecule has 2 aromatic carbocycles. The molecule has 0 radical (unpaired) electrons. The van der Waals surface area contributed by atoms with E-state index in [0.717, 1.165) is 23.6 Å². The van der Waals surface area contributed by atoms with Gasteiger partial charge in [0.1, 0.15) is 0 Å². The van der Waals surface area contributed by atoms with Gasteiger partial charge in [-0.25, -0.2) is 8.42 Å².